The third kappa shape index (κ3) is 5.41. The van der Waals surface area contributed by atoms with Crippen LogP contribution in [0.5, 0.6) is 0 Å². The number of halogens is 1. The van der Waals surface area contributed by atoms with Gasteiger partial charge in [-0.3, -0.25) is 14.6 Å². The van der Waals surface area contributed by atoms with Crippen LogP contribution in [0.15, 0.2) is 12.2 Å². The quantitative estimate of drug-likeness (QED) is 0.657. The zero-order valence-corrected chi connectivity index (χ0v) is 10.9. The van der Waals surface area contributed by atoms with Crippen molar-refractivity contribution in [3.63, 3.8) is 0 Å². The summed E-state index contributed by atoms with van der Waals surface area (Å²) in [4.78, 5) is 15.8. The number of hydrogen-bond donors (Lipinski definition) is 0. The van der Waals surface area contributed by atoms with E-state index in [1.807, 2.05) is 19.9 Å². The van der Waals surface area contributed by atoms with Crippen molar-refractivity contribution in [2.45, 2.75) is 13.8 Å². The molecule has 98 valence electrons. The van der Waals surface area contributed by atoms with Crippen LogP contribution in [0.4, 0.5) is 4.39 Å². The highest BCUT2D eigenvalue weighted by atomic mass is 19.1. The van der Waals surface area contributed by atoms with Crippen LogP contribution in [0.25, 0.3) is 0 Å². The van der Waals surface area contributed by atoms with Crippen LogP contribution < -0.4 is 0 Å². The van der Waals surface area contributed by atoms with Gasteiger partial charge in [-0.05, 0) is 6.08 Å². The molecule has 0 atom stereocenters. The smallest absolute Gasteiger partial charge is 0.157 e. The van der Waals surface area contributed by atoms with Gasteiger partial charge in [0.1, 0.15) is 6.67 Å². The van der Waals surface area contributed by atoms with Gasteiger partial charge in [0.25, 0.3) is 0 Å². The monoisotopic (exact) mass is 242 g/mol. The van der Waals surface area contributed by atoms with Gasteiger partial charge in [0.2, 0.25) is 0 Å². The SMILES string of the molecule is CC(C)C(=O)/C=C/CN1CCN(CCF)CC1. The summed E-state index contributed by atoms with van der Waals surface area (Å²) in [6.07, 6.45) is 3.62. The maximum Gasteiger partial charge on any atom is 0.157 e. The van der Waals surface area contributed by atoms with E-state index in [0.29, 0.717) is 6.54 Å². The van der Waals surface area contributed by atoms with Crippen LogP contribution >= 0.6 is 0 Å². The van der Waals surface area contributed by atoms with Crippen LogP contribution in [0, 0.1) is 5.92 Å². The minimum absolute atomic E-state index is 0.0765. The lowest BCUT2D eigenvalue weighted by Gasteiger charge is -2.33. The lowest BCUT2D eigenvalue weighted by Crippen LogP contribution is -2.46. The van der Waals surface area contributed by atoms with Crippen molar-refractivity contribution in [2.75, 3.05) is 45.9 Å². The van der Waals surface area contributed by atoms with E-state index in [9.17, 15) is 9.18 Å². The molecule has 0 aromatic rings. The maximum absolute atomic E-state index is 12.1. The highest BCUT2D eigenvalue weighted by Gasteiger charge is 2.15. The van der Waals surface area contributed by atoms with Gasteiger partial charge in [-0.15, -0.1) is 0 Å². The predicted molar refractivity (Wildman–Crippen MR) is 67.8 cm³/mol. The Bertz CT molecular complexity index is 258. The third-order valence-corrected chi connectivity index (χ3v) is 3.08. The van der Waals surface area contributed by atoms with Gasteiger partial charge >= 0.3 is 0 Å². The topological polar surface area (TPSA) is 23.6 Å². The molecule has 0 amide bonds. The Balaban J connectivity index is 2.20. The Labute approximate surface area is 103 Å². The summed E-state index contributed by atoms with van der Waals surface area (Å²) in [7, 11) is 0. The summed E-state index contributed by atoms with van der Waals surface area (Å²) in [5.41, 5.74) is 0. The van der Waals surface area contributed by atoms with Crippen molar-refractivity contribution >= 4 is 5.78 Å². The highest BCUT2D eigenvalue weighted by molar-refractivity contribution is 5.91. The van der Waals surface area contributed by atoms with Crippen molar-refractivity contribution in [3.05, 3.63) is 12.2 Å². The molecule has 1 heterocycles. The summed E-state index contributed by atoms with van der Waals surface area (Å²) in [6, 6.07) is 0. The number of ketones is 1. The molecule has 0 unspecified atom stereocenters. The summed E-state index contributed by atoms with van der Waals surface area (Å²) < 4.78 is 12.1. The number of carbonyl (C=O) groups excluding carboxylic acids is 1. The third-order valence-electron chi connectivity index (χ3n) is 3.08. The van der Waals surface area contributed by atoms with E-state index in [-0.39, 0.29) is 18.4 Å². The molecule has 3 nitrogen and oxygen atoms in total. The molecule has 0 N–H and O–H groups in total. The van der Waals surface area contributed by atoms with Gasteiger partial charge in [-0.25, -0.2) is 4.39 Å². The predicted octanol–water partition coefficient (Wildman–Crippen LogP) is 1.35. The second-order valence-electron chi connectivity index (χ2n) is 4.79. The minimum atomic E-state index is -0.261. The first-order valence-electron chi connectivity index (χ1n) is 6.34. The second kappa shape index (κ2) is 7.56. The summed E-state index contributed by atoms with van der Waals surface area (Å²) >= 11 is 0. The lowest BCUT2D eigenvalue weighted by atomic mass is 10.1. The molecule has 0 bridgehead atoms. The van der Waals surface area contributed by atoms with Crippen molar-refractivity contribution < 1.29 is 9.18 Å². The summed E-state index contributed by atoms with van der Waals surface area (Å²) in [5.74, 6) is 0.258. The van der Waals surface area contributed by atoms with Gasteiger partial charge in [0.05, 0.1) is 0 Å². The van der Waals surface area contributed by atoms with E-state index < -0.39 is 0 Å². The van der Waals surface area contributed by atoms with E-state index in [2.05, 4.69) is 9.80 Å². The zero-order valence-electron chi connectivity index (χ0n) is 10.9. The normalized spacial score (nSPS) is 19.3. The molecule has 17 heavy (non-hydrogen) atoms. The van der Waals surface area contributed by atoms with E-state index >= 15 is 0 Å². The van der Waals surface area contributed by atoms with Crippen LogP contribution in [0.3, 0.4) is 0 Å². The Morgan fingerprint density at radius 1 is 1.24 bits per heavy atom. The molecule has 0 aromatic carbocycles. The van der Waals surface area contributed by atoms with E-state index in [1.165, 1.54) is 0 Å². The summed E-state index contributed by atoms with van der Waals surface area (Å²) in [5, 5.41) is 0. The van der Waals surface area contributed by atoms with Crippen LogP contribution in [0.1, 0.15) is 13.8 Å². The van der Waals surface area contributed by atoms with Crippen molar-refractivity contribution in [3.8, 4) is 0 Å². The Morgan fingerprint density at radius 2 is 1.82 bits per heavy atom. The molecule has 0 radical (unpaired) electrons. The molecule has 1 rings (SSSR count). The number of carbonyl (C=O) groups is 1. The molecule has 1 fully saturated rings. The van der Waals surface area contributed by atoms with Crippen molar-refractivity contribution in [1.29, 1.82) is 0 Å². The van der Waals surface area contributed by atoms with E-state index in [4.69, 9.17) is 0 Å². The average Bonchev–Trinajstić information content (AvgIpc) is 2.31. The first-order valence-corrected chi connectivity index (χ1v) is 6.34. The molecule has 0 saturated carbocycles. The van der Waals surface area contributed by atoms with Crippen molar-refractivity contribution in [2.24, 2.45) is 5.92 Å². The van der Waals surface area contributed by atoms with Crippen LogP contribution in [0.2, 0.25) is 0 Å². The fourth-order valence-electron chi connectivity index (χ4n) is 1.83. The van der Waals surface area contributed by atoms with Crippen molar-refractivity contribution in [1.82, 2.24) is 9.80 Å². The van der Waals surface area contributed by atoms with E-state index in [0.717, 1.165) is 32.7 Å². The molecule has 4 heteroatoms. The number of piperazine rings is 1. The highest BCUT2D eigenvalue weighted by Crippen LogP contribution is 2.02. The van der Waals surface area contributed by atoms with E-state index in [1.54, 1.807) is 6.08 Å². The second-order valence-corrected chi connectivity index (χ2v) is 4.79. The molecular weight excluding hydrogens is 219 g/mol. The molecular formula is C13H23FN2O. The zero-order chi connectivity index (χ0) is 12.7. The first kappa shape index (κ1) is 14.3. The fourth-order valence-corrected chi connectivity index (χ4v) is 1.83. The minimum Gasteiger partial charge on any atom is -0.298 e. The van der Waals surface area contributed by atoms with Crippen LogP contribution in [-0.4, -0.2) is 61.5 Å². The number of rotatable bonds is 6. The Hall–Kier alpha value is -0.740. The molecule has 1 aliphatic heterocycles. The summed E-state index contributed by atoms with van der Waals surface area (Å²) in [6.45, 7) is 8.69. The first-order chi connectivity index (χ1) is 8.13. The fraction of sp³-hybridized carbons (Fsp3) is 0.769. The molecule has 0 aromatic heterocycles. The number of hydrogen-bond acceptors (Lipinski definition) is 3. The number of allylic oxidation sites excluding steroid dienone is 1. The largest absolute Gasteiger partial charge is 0.298 e. The van der Waals surface area contributed by atoms with Gasteiger partial charge in [0, 0.05) is 45.2 Å². The lowest BCUT2D eigenvalue weighted by molar-refractivity contribution is -0.117. The van der Waals surface area contributed by atoms with Gasteiger partial charge in [0.15, 0.2) is 5.78 Å². The van der Waals surface area contributed by atoms with Gasteiger partial charge in [-0.1, -0.05) is 19.9 Å². The Kier molecular flexibility index (Phi) is 6.37. The maximum atomic E-state index is 12.1. The number of nitrogens with zero attached hydrogens (tertiary/aromatic N) is 2. The van der Waals surface area contributed by atoms with Gasteiger partial charge in [-0.2, -0.15) is 0 Å². The standard InChI is InChI=1S/C13H23FN2O/c1-12(2)13(17)4-3-6-15-8-10-16(7-5-14)11-9-15/h3-4,12H,5-11H2,1-2H3/b4-3+. The molecule has 1 saturated heterocycles. The molecule has 0 spiro atoms. The number of alkyl halides is 1. The Morgan fingerprint density at radius 3 is 2.35 bits per heavy atom. The average molecular weight is 242 g/mol. The van der Waals surface area contributed by atoms with Gasteiger partial charge < -0.3 is 0 Å². The molecule has 1 aliphatic rings. The van der Waals surface area contributed by atoms with Crippen LogP contribution in [-0.2, 0) is 4.79 Å². The molecule has 0 aliphatic carbocycles.